The molecule has 2 heterocycles. The zero-order valence-electron chi connectivity index (χ0n) is 16.4. The molecule has 1 saturated heterocycles. The molecule has 1 aromatic heterocycles. The van der Waals surface area contributed by atoms with Gasteiger partial charge in [-0.05, 0) is 19.4 Å². The molecule has 27 heavy (non-hydrogen) atoms. The first kappa shape index (κ1) is 21.5. The minimum Gasteiger partial charge on any atom is -0.459 e. The Kier molecular flexibility index (Phi) is 7.52. The molecule has 1 amide bonds. The van der Waals surface area contributed by atoms with Crippen LogP contribution in [0.5, 0.6) is 0 Å². The number of amides is 1. The summed E-state index contributed by atoms with van der Waals surface area (Å²) in [5.41, 5.74) is 2.06. The van der Waals surface area contributed by atoms with Gasteiger partial charge in [0.05, 0.1) is 6.54 Å². The summed E-state index contributed by atoms with van der Waals surface area (Å²) in [5, 5.41) is 7.88. The number of para-hydroxylation sites is 1. The highest BCUT2D eigenvalue weighted by Gasteiger charge is 2.28. The SMILES string of the molecule is CN=C(NCc1oc2ccccc2c1C)NC1CCN(C(=O)C(C)C)C1.I. The number of nitrogens with one attached hydrogen (secondary N) is 2. The van der Waals surface area contributed by atoms with Crippen molar-refractivity contribution >= 4 is 46.8 Å². The van der Waals surface area contributed by atoms with E-state index in [1.54, 1.807) is 7.05 Å². The molecule has 1 aliphatic heterocycles. The molecular formula is C20H29IN4O2. The van der Waals surface area contributed by atoms with Crippen molar-refractivity contribution in [3.63, 3.8) is 0 Å². The first-order chi connectivity index (χ1) is 12.5. The summed E-state index contributed by atoms with van der Waals surface area (Å²) in [6.07, 6.45) is 0.933. The minimum absolute atomic E-state index is 0. The summed E-state index contributed by atoms with van der Waals surface area (Å²) < 4.78 is 5.94. The molecule has 0 spiro atoms. The normalized spacial score (nSPS) is 17.3. The van der Waals surface area contributed by atoms with Gasteiger partial charge in [-0.2, -0.15) is 0 Å². The van der Waals surface area contributed by atoms with Gasteiger partial charge in [-0.1, -0.05) is 32.0 Å². The fraction of sp³-hybridized carbons (Fsp3) is 0.500. The summed E-state index contributed by atoms with van der Waals surface area (Å²) in [6, 6.07) is 8.28. The number of rotatable bonds is 4. The zero-order valence-corrected chi connectivity index (χ0v) is 18.7. The Labute approximate surface area is 177 Å². The van der Waals surface area contributed by atoms with Crippen LogP contribution in [0.2, 0.25) is 0 Å². The molecule has 7 heteroatoms. The molecule has 0 saturated carbocycles. The predicted molar refractivity (Wildman–Crippen MR) is 120 cm³/mol. The minimum atomic E-state index is 0. The van der Waals surface area contributed by atoms with E-state index in [1.165, 1.54) is 0 Å². The van der Waals surface area contributed by atoms with Crippen molar-refractivity contribution in [1.82, 2.24) is 15.5 Å². The van der Waals surface area contributed by atoms with Gasteiger partial charge < -0.3 is 20.0 Å². The third-order valence-electron chi connectivity index (χ3n) is 4.92. The number of fused-ring (bicyclic) bond motifs is 1. The summed E-state index contributed by atoms with van der Waals surface area (Å²) >= 11 is 0. The number of hydrogen-bond donors (Lipinski definition) is 2. The number of likely N-dealkylation sites (tertiary alicyclic amines) is 1. The fourth-order valence-corrected chi connectivity index (χ4v) is 3.39. The Bertz CT molecular complexity index is 815. The maximum absolute atomic E-state index is 12.1. The van der Waals surface area contributed by atoms with Crippen LogP contribution in [0.4, 0.5) is 0 Å². The van der Waals surface area contributed by atoms with Crippen molar-refractivity contribution in [2.24, 2.45) is 10.9 Å². The third kappa shape index (κ3) is 4.94. The molecule has 148 valence electrons. The second-order valence-corrected chi connectivity index (χ2v) is 7.14. The van der Waals surface area contributed by atoms with Crippen LogP contribution in [0.15, 0.2) is 33.7 Å². The lowest BCUT2D eigenvalue weighted by Gasteiger charge is -2.20. The summed E-state index contributed by atoms with van der Waals surface area (Å²) in [6.45, 7) is 8.06. The van der Waals surface area contributed by atoms with Gasteiger partial charge in [0.2, 0.25) is 5.91 Å². The first-order valence-corrected chi connectivity index (χ1v) is 9.22. The number of aryl methyl sites for hydroxylation is 1. The average molecular weight is 484 g/mol. The number of carbonyl (C=O) groups excluding carboxylic acids is 1. The standard InChI is InChI=1S/C20H28N4O2.HI/c1-13(2)19(25)24-10-9-15(12-24)23-20(21-4)22-11-18-14(3)16-7-5-6-8-17(16)26-18;/h5-8,13,15H,9-12H2,1-4H3,(H2,21,22,23);1H. The number of nitrogens with zero attached hydrogens (tertiary/aromatic N) is 2. The molecule has 3 rings (SSSR count). The highest BCUT2D eigenvalue weighted by Crippen LogP contribution is 2.24. The monoisotopic (exact) mass is 484 g/mol. The summed E-state index contributed by atoms with van der Waals surface area (Å²) in [4.78, 5) is 18.4. The number of halogens is 1. The molecule has 1 atom stereocenters. The molecule has 1 aliphatic rings. The highest BCUT2D eigenvalue weighted by atomic mass is 127. The van der Waals surface area contributed by atoms with Crippen LogP contribution in [0.25, 0.3) is 11.0 Å². The van der Waals surface area contributed by atoms with Crippen molar-refractivity contribution < 1.29 is 9.21 Å². The Balaban J connectivity index is 0.00000261. The van der Waals surface area contributed by atoms with Crippen molar-refractivity contribution in [3.8, 4) is 0 Å². The van der Waals surface area contributed by atoms with Crippen LogP contribution >= 0.6 is 24.0 Å². The molecule has 1 fully saturated rings. The van der Waals surface area contributed by atoms with E-state index in [1.807, 2.05) is 36.9 Å². The van der Waals surface area contributed by atoms with E-state index in [0.29, 0.717) is 6.54 Å². The molecule has 0 radical (unpaired) electrons. The van der Waals surface area contributed by atoms with Crippen molar-refractivity contribution in [2.75, 3.05) is 20.1 Å². The van der Waals surface area contributed by atoms with E-state index in [0.717, 1.165) is 47.8 Å². The van der Waals surface area contributed by atoms with Crippen LogP contribution < -0.4 is 10.6 Å². The van der Waals surface area contributed by atoms with Gasteiger partial charge in [0.15, 0.2) is 5.96 Å². The van der Waals surface area contributed by atoms with Crippen molar-refractivity contribution in [1.29, 1.82) is 0 Å². The number of carbonyl (C=O) groups is 1. The number of aliphatic imine (C=N–C) groups is 1. The van der Waals surface area contributed by atoms with E-state index in [2.05, 4.69) is 28.6 Å². The maximum atomic E-state index is 12.1. The number of hydrogen-bond acceptors (Lipinski definition) is 3. The number of furan rings is 1. The van der Waals surface area contributed by atoms with Crippen molar-refractivity contribution in [2.45, 2.75) is 39.8 Å². The second kappa shape index (κ2) is 9.43. The Morgan fingerprint density at radius 2 is 2.11 bits per heavy atom. The zero-order chi connectivity index (χ0) is 18.7. The Morgan fingerprint density at radius 3 is 2.78 bits per heavy atom. The fourth-order valence-electron chi connectivity index (χ4n) is 3.39. The lowest BCUT2D eigenvalue weighted by molar-refractivity contribution is -0.133. The van der Waals surface area contributed by atoms with Crippen LogP contribution in [0.1, 0.15) is 31.6 Å². The average Bonchev–Trinajstić information content (AvgIpc) is 3.23. The van der Waals surface area contributed by atoms with Gasteiger partial charge >= 0.3 is 0 Å². The van der Waals surface area contributed by atoms with Gasteiger partial charge in [-0.15, -0.1) is 24.0 Å². The molecule has 2 aromatic rings. The lowest BCUT2D eigenvalue weighted by atomic mass is 10.1. The highest BCUT2D eigenvalue weighted by molar-refractivity contribution is 14.0. The lowest BCUT2D eigenvalue weighted by Crippen LogP contribution is -2.45. The molecular weight excluding hydrogens is 455 g/mol. The van der Waals surface area contributed by atoms with E-state index < -0.39 is 0 Å². The van der Waals surface area contributed by atoms with Crippen LogP contribution in [0, 0.1) is 12.8 Å². The van der Waals surface area contributed by atoms with Gasteiger partial charge in [-0.25, -0.2) is 0 Å². The maximum Gasteiger partial charge on any atom is 0.225 e. The molecule has 0 aliphatic carbocycles. The van der Waals surface area contributed by atoms with Gasteiger partial charge in [0.25, 0.3) is 0 Å². The molecule has 1 unspecified atom stereocenters. The first-order valence-electron chi connectivity index (χ1n) is 9.22. The summed E-state index contributed by atoms with van der Waals surface area (Å²) in [7, 11) is 1.76. The molecule has 2 N–H and O–H groups in total. The van der Waals surface area contributed by atoms with Gasteiger partial charge in [0.1, 0.15) is 11.3 Å². The summed E-state index contributed by atoms with van der Waals surface area (Å²) in [5.74, 6) is 1.91. The molecule has 1 aromatic carbocycles. The van der Waals surface area contributed by atoms with Crippen LogP contribution in [-0.2, 0) is 11.3 Å². The smallest absolute Gasteiger partial charge is 0.225 e. The largest absolute Gasteiger partial charge is 0.459 e. The molecule has 6 nitrogen and oxygen atoms in total. The van der Waals surface area contributed by atoms with E-state index in [4.69, 9.17) is 4.42 Å². The quantitative estimate of drug-likeness (QED) is 0.397. The third-order valence-corrected chi connectivity index (χ3v) is 4.92. The van der Waals surface area contributed by atoms with Gasteiger partial charge in [-0.3, -0.25) is 9.79 Å². The Morgan fingerprint density at radius 1 is 1.37 bits per heavy atom. The van der Waals surface area contributed by atoms with Gasteiger partial charge in [0, 0.05) is 43.0 Å². The Hall–Kier alpha value is -1.77. The second-order valence-electron chi connectivity index (χ2n) is 7.14. The molecule has 0 bridgehead atoms. The van der Waals surface area contributed by atoms with Crippen molar-refractivity contribution in [3.05, 3.63) is 35.6 Å². The topological polar surface area (TPSA) is 69.9 Å². The van der Waals surface area contributed by atoms with E-state index >= 15 is 0 Å². The van der Waals surface area contributed by atoms with E-state index in [-0.39, 0.29) is 41.8 Å². The van der Waals surface area contributed by atoms with Crippen LogP contribution in [-0.4, -0.2) is 42.9 Å². The van der Waals surface area contributed by atoms with E-state index in [9.17, 15) is 4.79 Å². The predicted octanol–water partition coefficient (Wildman–Crippen LogP) is 3.28. The number of benzene rings is 1. The van der Waals surface area contributed by atoms with Crippen LogP contribution in [0.3, 0.4) is 0 Å². The number of guanidine groups is 1.